The normalized spacial score (nSPS) is 18.1. The minimum Gasteiger partial charge on any atom is -0.477 e. The van der Waals surface area contributed by atoms with Crippen LogP contribution in [0.25, 0.3) is 0 Å². The molecule has 0 saturated carbocycles. The molecule has 5 nitrogen and oxygen atoms in total. The third kappa shape index (κ3) is 2.63. The molecular formula is C12H19N3O2S. The molecule has 1 aliphatic rings. The van der Waals surface area contributed by atoms with E-state index < -0.39 is 11.0 Å². The molecule has 1 aliphatic heterocycles. The molecule has 100 valence electrons. The Labute approximate surface area is 110 Å². The second-order valence-corrected chi connectivity index (χ2v) is 7.23. The minimum absolute atomic E-state index is 0.352. The Balaban J connectivity index is 2.29. The first-order valence-corrected chi connectivity index (χ1v) is 7.16. The molecule has 1 aromatic heterocycles. The average Bonchev–Trinajstić information content (AvgIpc) is 2.71. The zero-order chi connectivity index (χ0) is 13.3. The first-order valence-electron chi connectivity index (χ1n) is 6.06. The van der Waals surface area contributed by atoms with Gasteiger partial charge in [0.15, 0.2) is 0 Å². The molecule has 1 aromatic rings. The monoisotopic (exact) mass is 269 g/mol. The van der Waals surface area contributed by atoms with Gasteiger partial charge in [-0.25, -0.2) is 8.89 Å². The number of rotatable bonds is 2. The lowest BCUT2D eigenvalue weighted by Crippen LogP contribution is -2.21. The van der Waals surface area contributed by atoms with E-state index >= 15 is 0 Å². The number of fused-ring (bicyclic) bond motifs is 1. The van der Waals surface area contributed by atoms with Crippen molar-refractivity contribution in [3.8, 4) is 5.88 Å². The van der Waals surface area contributed by atoms with Crippen LogP contribution in [0.4, 0.5) is 0 Å². The summed E-state index contributed by atoms with van der Waals surface area (Å²) in [5.74, 6) is 0.744. The molecule has 6 heteroatoms. The zero-order valence-electron chi connectivity index (χ0n) is 11.3. The van der Waals surface area contributed by atoms with Crippen molar-refractivity contribution in [2.45, 2.75) is 45.4 Å². The fourth-order valence-electron chi connectivity index (χ4n) is 1.63. The van der Waals surface area contributed by atoms with Gasteiger partial charge >= 0.3 is 0 Å². The Kier molecular flexibility index (Phi) is 3.56. The van der Waals surface area contributed by atoms with Gasteiger partial charge < -0.3 is 4.74 Å². The van der Waals surface area contributed by atoms with Crippen molar-refractivity contribution in [2.75, 3.05) is 6.61 Å². The Hall–Kier alpha value is -1.17. The maximum Gasteiger partial charge on any atom is 0.221 e. The molecular weight excluding hydrogens is 250 g/mol. The fraction of sp³-hybridized carbons (Fsp3) is 0.667. The fourth-order valence-corrected chi connectivity index (χ4v) is 2.25. The van der Waals surface area contributed by atoms with Crippen LogP contribution in [0, 0.1) is 0 Å². The lowest BCUT2D eigenvalue weighted by atomic mass is 10.2. The van der Waals surface area contributed by atoms with Gasteiger partial charge in [0, 0.05) is 13.0 Å². The minimum atomic E-state index is -1.26. The molecule has 0 aliphatic carbocycles. The van der Waals surface area contributed by atoms with E-state index in [1.165, 1.54) is 0 Å². The van der Waals surface area contributed by atoms with Crippen LogP contribution in [0.15, 0.2) is 10.6 Å². The van der Waals surface area contributed by atoms with Crippen LogP contribution in [0.1, 0.15) is 39.7 Å². The predicted octanol–water partition coefficient (Wildman–Crippen LogP) is 1.94. The summed E-state index contributed by atoms with van der Waals surface area (Å²) in [6.45, 7) is 9.14. The van der Waals surface area contributed by atoms with E-state index in [4.69, 9.17) is 4.74 Å². The number of ether oxygens (including phenoxy) is 1. The molecule has 0 amide bonds. The molecule has 2 rings (SSSR count). The highest BCUT2D eigenvalue weighted by Crippen LogP contribution is 2.24. The SMILES string of the molecule is C/C(=N\S(=O)C(C)(C)C)c1cnn2c1OCCC2. The summed E-state index contributed by atoms with van der Waals surface area (Å²) >= 11 is 0. The molecule has 0 spiro atoms. The highest BCUT2D eigenvalue weighted by atomic mass is 32.2. The second-order valence-electron chi connectivity index (χ2n) is 5.33. The number of aryl methyl sites for hydroxylation is 1. The highest BCUT2D eigenvalue weighted by molar-refractivity contribution is 7.85. The van der Waals surface area contributed by atoms with Crippen LogP contribution in [0.2, 0.25) is 0 Å². The molecule has 0 radical (unpaired) electrons. The summed E-state index contributed by atoms with van der Waals surface area (Å²) < 4.78 is 23.3. The van der Waals surface area contributed by atoms with E-state index in [0.29, 0.717) is 12.3 Å². The largest absolute Gasteiger partial charge is 0.477 e. The summed E-state index contributed by atoms with van der Waals surface area (Å²) in [5, 5.41) is 4.26. The Bertz CT molecular complexity index is 500. The Morgan fingerprint density at radius 1 is 1.56 bits per heavy atom. The van der Waals surface area contributed by atoms with Crippen molar-refractivity contribution >= 4 is 16.7 Å². The number of nitrogens with zero attached hydrogens (tertiary/aromatic N) is 3. The van der Waals surface area contributed by atoms with E-state index in [9.17, 15) is 4.21 Å². The molecule has 2 heterocycles. The molecule has 0 bridgehead atoms. The van der Waals surface area contributed by atoms with E-state index in [-0.39, 0.29) is 4.75 Å². The van der Waals surface area contributed by atoms with Gasteiger partial charge in [-0.15, -0.1) is 0 Å². The van der Waals surface area contributed by atoms with Crippen molar-refractivity contribution < 1.29 is 8.95 Å². The summed E-state index contributed by atoms with van der Waals surface area (Å²) in [7, 11) is -1.26. The Morgan fingerprint density at radius 2 is 2.28 bits per heavy atom. The van der Waals surface area contributed by atoms with Crippen LogP contribution in [-0.2, 0) is 17.5 Å². The van der Waals surface area contributed by atoms with E-state index in [1.807, 2.05) is 32.4 Å². The van der Waals surface area contributed by atoms with Crippen molar-refractivity contribution in [3.05, 3.63) is 11.8 Å². The third-order valence-electron chi connectivity index (χ3n) is 2.68. The predicted molar refractivity (Wildman–Crippen MR) is 72.4 cm³/mol. The smallest absolute Gasteiger partial charge is 0.221 e. The van der Waals surface area contributed by atoms with E-state index in [1.54, 1.807) is 6.20 Å². The van der Waals surface area contributed by atoms with Crippen LogP contribution in [0.5, 0.6) is 5.88 Å². The maximum absolute atomic E-state index is 12.0. The summed E-state index contributed by atoms with van der Waals surface area (Å²) in [4.78, 5) is 0. The van der Waals surface area contributed by atoms with Gasteiger partial charge in [-0.1, -0.05) is 0 Å². The van der Waals surface area contributed by atoms with Gasteiger partial charge in [0.2, 0.25) is 5.88 Å². The van der Waals surface area contributed by atoms with Gasteiger partial charge in [0.25, 0.3) is 0 Å². The zero-order valence-corrected chi connectivity index (χ0v) is 12.1. The molecule has 1 atom stereocenters. The first kappa shape index (κ1) is 13.3. The Morgan fingerprint density at radius 3 is 2.94 bits per heavy atom. The van der Waals surface area contributed by atoms with Gasteiger partial charge in [0.1, 0.15) is 11.0 Å². The van der Waals surface area contributed by atoms with E-state index in [0.717, 1.165) is 24.4 Å². The van der Waals surface area contributed by atoms with Crippen LogP contribution < -0.4 is 4.74 Å². The molecule has 1 unspecified atom stereocenters. The molecule has 0 saturated heterocycles. The molecule has 0 N–H and O–H groups in total. The van der Waals surface area contributed by atoms with Gasteiger partial charge in [-0.3, -0.25) is 0 Å². The van der Waals surface area contributed by atoms with Crippen LogP contribution in [0.3, 0.4) is 0 Å². The second kappa shape index (κ2) is 4.84. The van der Waals surface area contributed by atoms with Crippen molar-refractivity contribution in [1.82, 2.24) is 9.78 Å². The van der Waals surface area contributed by atoms with Crippen molar-refractivity contribution in [1.29, 1.82) is 0 Å². The topological polar surface area (TPSA) is 56.5 Å². The van der Waals surface area contributed by atoms with Gasteiger partial charge in [-0.2, -0.15) is 9.50 Å². The summed E-state index contributed by atoms with van der Waals surface area (Å²) in [6, 6.07) is 0. The van der Waals surface area contributed by atoms with Crippen LogP contribution in [-0.4, -0.2) is 31.1 Å². The molecule has 0 fully saturated rings. The number of hydrogen-bond donors (Lipinski definition) is 0. The van der Waals surface area contributed by atoms with Crippen LogP contribution >= 0.6 is 0 Å². The standard InChI is InChI=1S/C12H19N3O2S/c1-9(14-18(16)12(2,3)4)10-8-13-15-6-5-7-17-11(10)15/h8H,5-7H2,1-4H3/b14-9+. The number of hydrogen-bond acceptors (Lipinski definition) is 3. The third-order valence-corrected chi connectivity index (χ3v) is 4.16. The van der Waals surface area contributed by atoms with Crippen molar-refractivity contribution in [3.63, 3.8) is 0 Å². The average molecular weight is 269 g/mol. The molecule has 18 heavy (non-hydrogen) atoms. The summed E-state index contributed by atoms with van der Waals surface area (Å²) in [6.07, 6.45) is 2.71. The van der Waals surface area contributed by atoms with Gasteiger partial charge in [0.05, 0.1) is 28.8 Å². The quantitative estimate of drug-likeness (QED) is 0.771. The molecule has 0 aromatic carbocycles. The summed E-state index contributed by atoms with van der Waals surface area (Å²) in [5.41, 5.74) is 1.55. The van der Waals surface area contributed by atoms with Crippen molar-refractivity contribution in [2.24, 2.45) is 4.40 Å². The number of aromatic nitrogens is 2. The lowest BCUT2D eigenvalue weighted by molar-refractivity contribution is 0.230. The van der Waals surface area contributed by atoms with Gasteiger partial charge in [-0.05, 0) is 27.7 Å². The maximum atomic E-state index is 12.0. The lowest BCUT2D eigenvalue weighted by Gasteiger charge is -2.17. The highest BCUT2D eigenvalue weighted by Gasteiger charge is 2.22. The first-order chi connectivity index (χ1) is 8.39. The van der Waals surface area contributed by atoms with E-state index in [2.05, 4.69) is 9.50 Å².